The molecule has 3 heteroatoms. The molecule has 1 aliphatic carbocycles. The Morgan fingerprint density at radius 2 is 2.19 bits per heavy atom. The summed E-state index contributed by atoms with van der Waals surface area (Å²) in [6.45, 7) is 4.70. The third-order valence-electron chi connectivity index (χ3n) is 3.53. The van der Waals surface area contributed by atoms with Gasteiger partial charge in [0.2, 0.25) is 0 Å². The molecule has 3 unspecified atom stereocenters. The maximum Gasteiger partial charge on any atom is 0.129 e. The molecule has 1 aliphatic rings. The van der Waals surface area contributed by atoms with E-state index >= 15 is 0 Å². The van der Waals surface area contributed by atoms with E-state index in [-0.39, 0.29) is 0 Å². The van der Waals surface area contributed by atoms with Crippen LogP contribution in [0.3, 0.4) is 0 Å². The van der Waals surface area contributed by atoms with Crippen LogP contribution in [0.15, 0.2) is 22.9 Å². The molecule has 88 valence electrons. The Labute approximate surface area is 106 Å². The number of nitrogens with zero attached hydrogens (tertiary/aromatic N) is 1. The summed E-state index contributed by atoms with van der Waals surface area (Å²) < 4.78 is 0.917. The Morgan fingerprint density at radius 1 is 1.38 bits per heavy atom. The Morgan fingerprint density at radius 3 is 2.88 bits per heavy atom. The van der Waals surface area contributed by atoms with Gasteiger partial charge >= 0.3 is 0 Å². The molecule has 0 aliphatic heterocycles. The zero-order valence-electron chi connectivity index (χ0n) is 9.91. The normalized spacial score (nSPS) is 30.1. The van der Waals surface area contributed by atoms with E-state index in [0.717, 1.165) is 22.1 Å². The first-order chi connectivity index (χ1) is 7.66. The van der Waals surface area contributed by atoms with Gasteiger partial charge in [0.05, 0.1) is 5.69 Å². The van der Waals surface area contributed by atoms with Crippen LogP contribution in [0, 0.1) is 11.8 Å². The minimum absolute atomic E-state index is 0.594. The second-order valence-corrected chi connectivity index (χ2v) is 5.74. The Bertz CT molecular complexity index is 354. The number of hydrogen-bond acceptors (Lipinski definition) is 2. The van der Waals surface area contributed by atoms with Gasteiger partial charge in [-0.1, -0.05) is 13.8 Å². The molecule has 1 saturated carbocycles. The molecule has 2 nitrogen and oxygen atoms in total. The van der Waals surface area contributed by atoms with Crippen LogP contribution >= 0.6 is 15.9 Å². The van der Waals surface area contributed by atoms with Crippen molar-refractivity contribution in [2.24, 2.45) is 11.8 Å². The second kappa shape index (κ2) is 5.17. The zero-order chi connectivity index (χ0) is 11.5. The standard InChI is InChI=1S/C13H19BrN2/c1-9-5-6-11(10(2)8-9)16-12-4-3-7-15-13(12)14/h3-4,7,9-11,16H,5-6,8H2,1-2H3. The maximum atomic E-state index is 4.24. The molecule has 0 spiro atoms. The van der Waals surface area contributed by atoms with Crippen LogP contribution in [0.25, 0.3) is 0 Å². The van der Waals surface area contributed by atoms with Gasteiger partial charge in [0, 0.05) is 12.2 Å². The highest BCUT2D eigenvalue weighted by molar-refractivity contribution is 9.10. The molecular formula is C13H19BrN2. The molecule has 0 bridgehead atoms. The van der Waals surface area contributed by atoms with Gasteiger partial charge < -0.3 is 5.32 Å². The Kier molecular flexibility index (Phi) is 3.85. The molecule has 1 N–H and O–H groups in total. The zero-order valence-corrected chi connectivity index (χ0v) is 11.5. The van der Waals surface area contributed by atoms with Gasteiger partial charge in [-0.15, -0.1) is 0 Å². The fraction of sp³-hybridized carbons (Fsp3) is 0.615. The Hall–Kier alpha value is -0.570. The summed E-state index contributed by atoms with van der Waals surface area (Å²) in [7, 11) is 0. The average Bonchev–Trinajstić information content (AvgIpc) is 2.25. The van der Waals surface area contributed by atoms with Gasteiger partial charge in [-0.2, -0.15) is 0 Å². The van der Waals surface area contributed by atoms with E-state index in [4.69, 9.17) is 0 Å². The van der Waals surface area contributed by atoms with Gasteiger partial charge in [0.1, 0.15) is 4.60 Å². The number of nitrogens with one attached hydrogen (secondary N) is 1. The van der Waals surface area contributed by atoms with Crippen LogP contribution in [0.2, 0.25) is 0 Å². The molecule has 1 heterocycles. The van der Waals surface area contributed by atoms with Crippen molar-refractivity contribution in [3.63, 3.8) is 0 Å². The van der Waals surface area contributed by atoms with Crippen molar-refractivity contribution in [3.8, 4) is 0 Å². The fourth-order valence-electron chi connectivity index (χ4n) is 2.57. The van der Waals surface area contributed by atoms with Crippen molar-refractivity contribution < 1.29 is 0 Å². The molecule has 16 heavy (non-hydrogen) atoms. The summed E-state index contributed by atoms with van der Waals surface area (Å²) in [4.78, 5) is 4.24. The number of hydrogen-bond donors (Lipinski definition) is 1. The van der Waals surface area contributed by atoms with Crippen LogP contribution < -0.4 is 5.32 Å². The molecule has 1 aromatic heterocycles. The highest BCUT2D eigenvalue weighted by atomic mass is 79.9. The van der Waals surface area contributed by atoms with Crippen LogP contribution in [0.1, 0.15) is 33.1 Å². The number of pyridine rings is 1. The molecule has 1 fully saturated rings. The van der Waals surface area contributed by atoms with Crippen molar-refractivity contribution in [2.75, 3.05) is 5.32 Å². The second-order valence-electron chi connectivity index (χ2n) is 4.99. The lowest BCUT2D eigenvalue weighted by Crippen LogP contribution is -2.33. The molecule has 1 aromatic rings. The predicted octanol–water partition coefficient (Wildman–Crippen LogP) is 4.08. The van der Waals surface area contributed by atoms with Gasteiger partial charge in [-0.05, 0) is 59.2 Å². The molecule has 3 atom stereocenters. The highest BCUT2D eigenvalue weighted by Gasteiger charge is 2.25. The average molecular weight is 283 g/mol. The summed E-state index contributed by atoms with van der Waals surface area (Å²) in [5.74, 6) is 1.63. The van der Waals surface area contributed by atoms with E-state index in [1.165, 1.54) is 19.3 Å². The van der Waals surface area contributed by atoms with Crippen LogP contribution in [0.5, 0.6) is 0 Å². The van der Waals surface area contributed by atoms with E-state index in [1.54, 1.807) is 0 Å². The minimum Gasteiger partial charge on any atom is -0.380 e. The first-order valence-corrected chi connectivity index (χ1v) is 6.83. The first kappa shape index (κ1) is 11.9. The number of anilines is 1. The molecular weight excluding hydrogens is 264 g/mol. The van der Waals surface area contributed by atoms with Crippen molar-refractivity contribution in [2.45, 2.75) is 39.2 Å². The molecule has 2 rings (SSSR count). The highest BCUT2D eigenvalue weighted by Crippen LogP contribution is 2.31. The van der Waals surface area contributed by atoms with Gasteiger partial charge in [-0.3, -0.25) is 0 Å². The number of halogens is 1. The first-order valence-electron chi connectivity index (χ1n) is 6.04. The third-order valence-corrected chi connectivity index (χ3v) is 4.16. The largest absolute Gasteiger partial charge is 0.380 e. The van der Waals surface area contributed by atoms with E-state index in [0.29, 0.717) is 6.04 Å². The number of aromatic nitrogens is 1. The lowest BCUT2D eigenvalue weighted by molar-refractivity contribution is 0.276. The summed E-state index contributed by atoms with van der Waals surface area (Å²) in [5.41, 5.74) is 1.12. The lowest BCUT2D eigenvalue weighted by atomic mass is 9.80. The van der Waals surface area contributed by atoms with E-state index in [1.807, 2.05) is 12.3 Å². The third kappa shape index (κ3) is 2.76. The van der Waals surface area contributed by atoms with Crippen molar-refractivity contribution in [1.82, 2.24) is 4.98 Å². The predicted molar refractivity (Wildman–Crippen MR) is 71.5 cm³/mol. The van der Waals surface area contributed by atoms with Crippen LogP contribution in [-0.4, -0.2) is 11.0 Å². The maximum absolute atomic E-state index is 4.24. The minimum atomic E-state index is 0.594. The van der Waals surface area contributed by atoms with Gasteiger partial charge in [0.25, 0.3) is 0 Å². The fourth-order valence-corrected chi connectivity index (χ4v) is 2.94. The van der Waals surface area contributed by atoms with E-state index < -0.39 is 0 Å². The Balaban J connectivity index is 2.02. The van der Waals surface area contributed by atoms with Gasteiger partial charge in [-0.25, -0.2) is 4.98 Å². The summed E-state index contributed by atoms with van der Waals surface area (Å²) >= 11 is 3.48. The molecule has 0 amide bonds. The van der Waals surface area contributed by atoms with Crippen LogP contribution in [0.4, 0.5) is 5.69 Å². The molecule has 0 saturated heterocycles. The SMILES string of the molecule is CC1CCC(Nc2cccnc2Br)C(C)C1. The molecule has 0 aromatic carbocycles. The topological polar surface area (TPSA) is 24.9 Å². The summed E-state index contributed by atoms with van der Waals surface area (Å²) in [5, 5.41) is 3.61. The van der Waals surface area contributed by atoms with Crippen molar-refractivity contribution in [1.29, 1.82) is 0 Å². The monoisotopic (exact) mass is 282 g/mol. The van der Waals surface area contributed by atoms with Crippen molar-refractivity contribution in [3.05, 3.63) is 22.9 Å². The quantitative estimate of drug-likeness (QED) is 0.827. The number of rotatable bonds is 2. The van der Waals surface area contributed by atoms with E-state index in [2.05, 4.69) is 46.1 Å². The molecule has 0 radical (unpaired) electrons. The summed E-state index contributed by atoms with van der Waals surface area (Å²) in [6.07, 6.45) is 5.74. The lowest BCUT2D eigenvalue weighted by Gasteiger charge is -2.33. The summed E-state index contributed by atoms with van der Waals surface area (Å²) in [6, 6.07) is 4.65. The van der Waals surface area contributed by atoms with Crippen LogP contribution in [-0.2, 0) is 0 Å². The van der Waals surface area contributed by atoms with Gasteiger partial charge in [0.15, 0.2) is 0 Å². The smallest absolute Gasteiger partial charge is 0.129 e. The van der Waals surface area contributed by atoms with E-state index in [9.17, 15) is 0 Å². The van der Waals surface area contributed by atoms with Crippen molar-refractivity contribution >= 4 is 21.6 Å².